The van der Waals surface area contributed by atoms with Crippen LogP contribution in [-0.2, 0) is 52.4 Å². The molecule has 0 aromatic rings. The van der Waals surface area contributed by atoms with Crippen molar-refractivity contribution in [2.24, 2.45) is 35.5 Å². The molecule has 15 unspecified atom stereocenters. The van der Waals surface area contributed by atoms with E-state index in [-0.39, 0.29) is 74.1 Å². The molecule has 15 heteroatoms. The molecule has 0 radical (unpaired) electrons. The number of esters is 1. The number of cyclic esters (lactones) is 1. The molecule has 0 aromatic carbocycles. The number of piperidine rings is 1. The monoisotopic (exact) mass is 958 g/mol. The number of carbonyl (C=O) groups is 5. The van der Waals surface area contributed by atoms with Crippen LogP contribution in [-0.4, -0.2) is 145 Å². The molecule has 2 bridgehead atoms. The fraction of sp³-hybridized carbons (Fsp3) is 0.755. The summed E-state index contributed by atoms with van der Waals surface area (Å²) in [4.78, 5) is 72.1. The standard InChI is InChI=1S/C53H83NO14/c1-32-16-12-11-13-17-33(2)44(63-8)30-40-21-19-38(7)53(62,68-40)50(59)51(60)54-23-15-14-18-41(54)52(61)67-45(35(4)28-39-20-22-43(66-25-24-55)46(29-39)64-9)31-42(56)34(3)27-37(6)48(58)49(65-10)47(57)36(5)26-32/h11-13,16-17,27,32,35-41,43-46,48-49,55,58,62H,14-15,18-26,28-31H2,1-10H3. The largest absolute Gasteiger partial charge is 0.460 e. The zero-order valence-corrected chi connectivity index (χ0v) is 42.4. The van der Waals surface area contributed by atoms with Crippen molar-refractivity contribution < 1.29 is 67.7 Å². The van der Waals surface area contributed by atoms with E-state index in [0.717, 1.165) is 12.0 Å². The summed E-state index contributed by atoms with van der Waals surface area (Å²) in [6, 6.07) is -1.15. The topological polar surface area (TPSA) is 205 Å². The summed E-state index contributed by atoms with van der Waals surface area (Å²) in [5.74, 6) is -7.94. The summed E-state index contributed by atoms with van der Waals surface area (Å²) in [6.07, 6.45) is 12.0. The number of hydrogen-bond acceptors (Lipinski definition) is 14. The molecule has 4 rings (SSSR count). The molecule has 384 valence electrons. The first-order valence-corrected chi connectivity index (χ1v) is 25.0. The number of fused-ring (bicyclic) bond motifs is 3. The molecule has 4 aliphatic rings. The van der Waals surface area contributed by atoms with Gasteiger partial charge >= 0.3 is 5.97 Å². The number of Topliss-reactive ketones (excluding diaryl/α,β-unsaturated/α-hetero) is 3. The zero-order chi connectivity index (χ0) is 50.3. The highest BCUT2D eigenvalue weighted by molar-refractivity contribution is 6.39. The third-order valence-electron chi connectivity index (χ3n) is 14.9. The van der Waals surface area contributed by atoms with Crippen LogP contribution in [0.5, 0.6) is 0 Å². The van der Waals surface area contributed by atoms with E-state index in [1.54, 1.807) is 41.1 Å². The predicted octanol–water partition coefficient (Wildman–Crippen LogP) is 6.20. The van der Waals surface area contributed by atoms with Crippen molar-refractivity contribution in [3.63, 3.8) is 0 Å². The Hall–Kier alpha value is -3.41. The normalized spacial score (nSPS) is 36.7. The van der Waals surface area contributed by atoms with Crippen LogP contribution in [0.2, 0.25) is 0 Å². The number of carbonyl (C=O) groups excluding carboxylic acids is 5. The van der Waals surface area contributed by atoms with Crippen molar-refractivity contribution in [1.82, 2.24) is 4.90 Å². The Bertz CT molecular complexity index is 1810. The predicted molar refractivity (Wildman–Crippen MR) is 256 cm³/mol. The number of rotatable bonds is 9. The van der Waals surface area contributed by atoms with Gasteiger partial charge in [-0.1, -0.05) is 71.1 Å². The van der Waals surface area contributed by atoms with Crippen LogP contribution < -0.4 is 0 Å². The third kappa shape index (κ3) is 15.3. The van der Waals surface area contributed by atoms with Crippen LogP contribution in [0.15, 0.2) is 47.6 Å². The SMILES string of the molecule is COC1CC2CCC(C)C(O)(O2)C(=O)C(=O)N2CCCCC2C(=O)OC(C(C)CC2CCC(OCCO)C(OC)C2)CC(=O)C(C)=CC(C)C(O)C(OC)C(=O)C(C)CC(C)C=CC=CC=C1C. The van der Waals surface area contributed by atoms with Crippen molar-refractivity contribution in [2.45, 2.75) is 180 Å². The lowest BCUT2D eigenvalue weighted by Gasteiger charge is -2.42. The van der Waals surface area contributed by atoms with E-state index >= 15 is 0 Å². The van der Waals surface area contributed by atoms with Crippen molar-refractivity contribution in [2.75, 3.05) is 41.1 Å². The quantitative estimate of drug-likeness (QED) is 0.174. The van der Waals surface area contributed by atoms with Gasteiger partial charge in [0.1, 0.15) is 18.2 Å². The highest BCUT2D eigenvalue weighted by atomic mass is 16.6. The lowest BCUT2D eigenvalue weighted by molar-refractivity contribution is -0.265. The van der Waals surface area contributed by atoms with Crippen LogP contribution in [0.4, 0.5) is 0 Å². The Balaban J connectivity index is 1.70. The van der Waals surface area contributed by atoms with Gasteiger partial charge in [0.15, 0.2) is 11.6 Å². The summed E-state index contributed by atoms with van der Waals surface area (Å²) in [6.45, 7) is 12.9. The van der Waals surface area contributed by atoms with Gasteiger partial charge in [0, 0.05) is 58.5 Å². The Morgan fingerprint density at radius 1 is 0.868 bits per heavy atom. The van der Waals surface area contributed by atoms with Crippen molar-refractivity contribution in [3.05, 3.63) is 47.6 Å². The third-order valence-corrected chi connectivity index (χ3v) is 14.9. The minimum Gasteiger partial charge on any atom is -0.460 e. The van der Waals surface area contributed by atoms with E-state index in [0.29, 0.717) is 63.4 Å². The molecule has 68 heavy (non-hydrogen) atoms. The molecular weight excluding hydrogens is 875 g/mol. The molecule has 1 amide bonds. The molecule has 1 aliphatic carbocycles. The molecule has 3 N–H and O–H groups in total. The van der Waals surface area contributed by atoms with Crippen LogP contribution in [0.3, 0.4) is 0 Å². The Morgan fingerprint density at radius 3 is 2.28 bits per heavy atom. The average Bonchev–Trinajstić information content (AvgIpc) is 3.32. The number of methoxy groups -OCH3 is 3. The summed E-state index contributed by atoms with van der Waals surface area (Å²) in [7, 11) is 4.59. The van der Waals surface area contributed by atoms with Crippen molar-refractivity contribution >= 4 is 29.2 Å². The average molecular weight is 958 g/mol. The smallest absolute Gasteiger partial charge is 0.329 e. The Kier molecular flexibility index (Phi) is 22.9. The van der Waals surface area contributed by atoms with E-state index in [2.05, 4.69) is 0 Å². The minimum absolute atomic E-state index is 0.0185. The minimum atomic E-state index is -2.43. The lowest BCUT2D eigenvalue weighted by Crippen LogP contribution is -2.61. The van der Waals surface area contributed by atoms with Gasteiger partial charge in [-0.05, 0) is 107 Å². The van der Waals surface area contributed by atoms with Gasteiger partial charge in [-0.15, -0.1) is 0 Å². The van der Waals surface area contributed by atoms with Gasteiger partial charge in [0.25, 0.3) is 11.7 Å². The fourth-order valence-electron chi connectivity index (χ4n) is 10.5. The molecule has 3 heterocycles. The molecule has 15 atom stereocenters. The van der Waals surface area contributed by atoms with Gasteiger partial charge in [0.05, 0.1) is 43.7 Å². The van der Waals surface area contributed by atoms with E-state index in [1.807, 2.05) is 58.1 Å². The molecule has 3 fully saturated rings. The highest BCUT2D eigenvalue weighted by Gasteiger charge is 2.53. The van der Waals surface area contributed by atoms with Gasteiger partial charge in [-0.3, -0.25) is 19.2 Å². The Morgan fingerprint density at radius 2 is 1.60 bits per heavy atom. The van der Waals surface area contributed by atoms with Gasteiger partial charge in [-0.2, -0.15) is 0 Å². The second-order valence-corrected chi connectivity index (χ2v) is 20.2. The number of ketones is 3. The summed E-state index contributed by atoms with van der Waals surface area (Å²) in [5, 5.41) is 32.8. The highest BCUT2D eigenvalue weighted by Crippen LogP contribution is 2.38. The number of ether oxygens (including phenoxy) is 6. The van der Waals surface area contributed by atoms with Crippen molar-refractivity contribution in [3.8, 4) is 0 Å². The number of hydrogen-bond donors (Lipinski definition) is 3. The maximum Gasteiger partial charge on any atom is 0.329 e. The van der Waals surface area contributed by atoms with Crippen LogP contribution in [0.25, 0.3) is 0 Å². The Labute approximate surface area is 405 Å². The number of aliphatic hydroxyl groups excluding tert-OH is 2. The van der Waals surface area contributed by atoms with E-state index in [4.69, 9.17) is 28.4 Å². The molecule has 3 aliphatic heterocycles. The summed E-state index contributed by atoms with van der Waals surface area (Å²) in [5.41, 5.74) is 1.19. The summed E-state index contributed by atoms with van der Waals surface area (Å²) < 4.78 is 35.6. The number of allylic oxidation sites excluding steroid dienone is 6. The molecule has 0 spiro atoms. The second kappa shape index (κ2) is 27.3. The molecule has 0 aromatic heterocycles. The maximum absolute atomic E-state index is 14.5. The van der Waals surface area contributed by atoms with Gasteiger partial charge in [-0.25, -0.2) is 4.79 Å². The van der Waals surface area contributed by atoms with E-state index < -0.39 is 77.8 Å². The number of amides is 1. The van der Waals surface area contributed by atoms with Gasteiger partial charge in [0.2, 0.25) is 5.79 Å². The molecule has 1 saturated carbocycles. The van der Waals surface area contributed by atoms with E-state index in [9.17, 15) is 39.3 Å². The van der Waals surface area contributed by atoms with E-state index in [1.165, 1.54) is 12.0 Å². The molecular formula is C53H83NO14. The summed E-state index contributed by atoms with van der Waals surface area (Å²) >= 11 is 0. The molecule has 15 nitrogen and oxygen atoms in total. The van der Waals surface area contributed by atoms with Gasteiger partial charge < -0.3 is 48.6 Å². The lowest BCUT2D eigenvalue weighted by atomic mass is 9.78. The van der Waals surface area contributed by atoms with Crippen LogP contribution in [0, 0.1) is 35.5 Å². The maximum atomic E-state index is 14.5. The van der Waals surface area contributed by atoms with Crippen molar-refractivity contribution in [1.29, 1.82) is 0 Å². The fourth-order valence-corrected chi connectivity index (χ4v) is 10.5. The number of nitrogens with zero attached hydrogens (tertiary/aromatic N) is 1. The number of aliphatic hydroxyl groups is 3. The first-order valence-electron chi connectivity index (χ1n) is 25.0. The molecule has 2 saturated heterocycles. The first kappa shape index (κ1) is 57.2. The first-order chi connectivity index (χ1) is 32.3. The van der Waals surface area contributed by atoms with Crippen LogP contribution >= 0.6 is 0 Å². The van der Waals surface area contributed by atoms with Crippen LogP contribution in [0.1, 0.15) is 126 Å². The second-order valence-electron chi connectivity index (χ2n) is 20.2. The zero-order valence-electron chi connectivity index (χ0n) is 42.4.